The van der Waals surface area contributed by atoms with Gasteiger partial charge in [0.25, 0.3) is 0 Å². The summed E-state index contributed by atoms with van der Waals surface area (Å²) in [7, 11) is 0. The molecule has 0 aliphatic rings. The normalized spacial score (nSPS) is 14.8. The van der Waals surface area contributed by atoms with Crippen molar-refractivity contribution >= 4 is 0 Å². The SMILES string of the molecule is CC(C)=CCC/C(C)=C\CC/C(C)=C\CC/C(C)=C\CC/C(C)=C\CC/C(C)=C\CC/C(C)=C\CC/C(C)=C\CC/C(C)=C/CO. The Kier molecular flexibility index (Phi) is 27.3. The van der Waals surface area contributed by atoms with Crippen LogP contribution in [0.2, 0.25) is 0 Å². The quantitative estimate of drug-likeness (QED) is 0.0995. The molecular formula is C45H74O. The van der Waals surface area contributed by atoms with Gasteiger partial charge in [0.2, 0.25) is 0 Å². The molecule has 0 unspecified atom stereocenters. The van der Waals surface area contributed by atoms with Gasteiger partial charge in [0.05, 0.1) is 6.61 Å². The summed E-state index contributed by atoms with van der Waals surface area (Å²) in [6, 6.07) is 0. The Morgan fingerprint density at radius 3 is 0.630 bits per heavy atom. The smallest absolute Gasteiger partial charge is 0.0614 e. The average molecular weight is 631 g/mol. The van der Waals surface area contributed by atoms with Crippen LogP contribution in [-0.4, -0.2) is 11.7 Å². The molecule has 0 aromatic carbocycles. The molecule has 1 nitrogen and oxygen atoms in total. The van der Waals surface area contributed by atoms with Crippen LogP contribution in [0, 0.1) is 0 Å². The standard InChI is InChI=1S/C45H74O/c1-37(2)19-11-20-38(3)21-12-22-39(4)23-13-24-40(5)25-14-26-41(6)27-15-28-42(7)29-16-30-43(8)31-17-32-44(9)33-18-34-45(10)35-36-46/h19,21,23,25,27,29,31,33,35,46H,11-18,20,22,24,26,28,30,32,34,36H2,1-10H3/b38-21-,39-23-,40-25-,41-27-,42-29-,43-31-,44-33-,45-35+. The highest BCUT2D eigenvalue weighted by atomic mass is 16.2. The van der Waals surface area contributed by atoms with Crippen LogP contribution in [0.5, 0.6) is 0 Å². The van der Waals surface area contributed by atoms with Crippen molar-refractivity contribution in [1.29, 1.82) is 0 Å². The largest absolute Gasteiger partial charge is 0.392 e. The summed E-state index contributed by atoms with van der Waals surface area (Å²) in [5.74, 6) is 0. The molecule has 0 saturated carbocycles. The highest BCUT2D eigenvalue weighted by molar-refractivity contribution is 5.10. The zero-order valence-electron chi connectivity index (χ0n) is 32.2. The molecule has 0 amide bonds. The van der Waals surface area contributed by atoms with Gasteiger partial charge in [-0.3, -0.25) is 0 Å². The molecule has 0 saturated heterocycles. The average Bonchev–Trinajstić information content (AvgIpc) is 2.97. The highest BCUT2D eigenvalue weighted by Gasteiger charge is 1.97. The lowest BCUT2D eigenvalue weighted by molar-refractivity contribution is 0.341. The van der Waals surface area contributed by atoms with Gasteiger partial charge >= 0.3 is 0 Å². The highest BCUT2D eigenvalue weighted by Crippen LogP contribution is 2.17. The van der Waals surface area contributed by atoms with E-state index in [0.29, 0.717) is 0 Å². The van der Waals surface area contributed by atoms with Gasteiger partial charge in [0.1, 0.15) is 0 Å². The third-order valence-corrected chi connectivity index (χ3v) is 8.75. The first-order chi connectivity index (χ1) is 21.9. The van der Waals surface area contributed by atoms with E-state index in [1.807, 2.05) is 6.08 Å². The van der Waals surface area contributed by atoms with Gasteiger partial charge in [-0.25, -0.2) is 0 Å². The van der Waals surface area contributed by atoms with Crippen molar-refractivity contribution in [2.24, 2.45) is 0 Å². The Morgan fingerprint density at radius 2 is 0.457 bits per heavy atom. The van der Waals surface area contributed by atoms with E-state index in [1.54, 1.807) is 0 Å². The molecule has 1 N–H and O–H groups in total. The summed E-state index contributed by atoms with van der Waals surface area (Å²) in [5.41, 5.74) is 13.3. The molecule has 1 heteroatoms. The van der Waals surface area contributed by atoms with Gasteiger partial charge in [0.15, 0.2) is 0 Å². The van der Waals surface area contributed by atoms with Crippen LogP contribution in [0.15, 0.2) is 105 Å². The molecule has 260 valence electrons. The predicted octanol–water partition coefficient (Wildman–Crippen LogP) is 14.8. The predicted molar refractivity (Wildman–Crippen MR) is 210 cm³/mol. The fourth-order valence-electron chi connectivity index (χ4n) is 5.38. The summed E-state index contributed by atoms with van der Waals surface area (Å²) in [4.78, 5) is 0. The first-order valence-corrected chi connectivity index (χ1v) is 18.4. The molecule has 0 bridgehead atoms. The molecule has 0 aliphatic carbocycles. The molecule has 0 heterocycles. The van der Waals surface area contributed by atoms with E-state index in [2.05, 4.69) is 118 Å². The van der Waals surface area contributed by atoms with Crippen LogP contribution in [0.4, 0.5) is 0 Å². The van der Waals surface area contributed by atoms with Crippen molar-refractivity contribution in [2.45, 2.75) is 172 Å². The van der Waals surface area contributed by atoms with Crippen molar-refractivity contribution in [3.05, 3.63) is 105 Å². The fraction of sp³-hybridized carbons (Fsp3) is 0.600. The van der Waals surface area contributed by atoms with Gasteiger partial charge in [-0.05, 0) is 172 Å². The summed E-state index contributed by atoms with van der Waals surface area (Å²) in [5, 5.41) is 8.96. The van der Waals surface area contributed by atoms with E-state index in [1.165, 1.54) is 95.1 Å². The van der Waals surface area contributed by atoms with Crippen LogP contribution < -0.4 is 0 Å². The van der Waals surface area contributed by atoms with Crippen molar-refractivity contribution in [2.75, 3.05) is 6.61 Å². The molecule has 46 heavy (non-hydrogen) atoms. The number of aliphatic hydroxyl groups excluding tert-OH is 1. The number of rotatable bonds is 25. The molecule has 0 atom stereocenters. The van der Waals surface area contributed by atoms with Crippen LogP contribution in [0.1, 0.15) is 172 Å². The maximum atomic E-state index is 8.96. The van der Waals surface area contributed by atoms with Crippen molar-refractivity contribution in [1.82, 2.24) is 0 Å². The van der Waals surface area contributed by atoms with Gasteiger partial charge in [-0.1, -0.05) is 105 Å². The second kappa shape index (κ2) is 28.8. The van der Waals surface area contributed by atoms with Crippen molar-refractivity contribution < 1.29 is 5.11 Å². The van der Waals surface area contributed by atoms with Crippen LogP contribution in [0.25, 0.3) is 0 Å². The van der Waals surface area contributed by atoms with E-state index in [4.69, 9.17) is 5.11 Å². The molecule has 0 aromatic rings. The summed E-state index contributed by atoms with van der Waals surface area (Å²) < 4.78 is 0. The van der Waals surface area contributed by atoms with Crippen LogP contribution in [-0.2, 0) is 0 Å². The number of hydrogen-bond acceptors (Lipinski definition) is 1. The summed E-state index contributed by atoms with van der Waals surface area (Å²) in [6.45, 7) is 22.6. The minimum Gasteiger partial charge on any atom is -0.392 e. The monoisotopic (exact) mass is 631 g/mol. The maximum absolute atomic E-state index is 8.96. The third kappa shape index (κ3) is 29.1. The summed E-state index contributed by atoms with van der Waals surface area (Å²) >= 11 is 0. The Bertz CT molecular complexity index is 1100. The Labute approximate surface area is 287 Å². The number of allylic oxidation sites excluding steroid dienone is 17. The topological polar surface area (TPSA) is 20.2 Å². The van der Waals surface area contributed by atoms with Crippen molar-refractivity contribution in [3.63, 3.8) is 0 Å². The second-order valence-electron chi connectivity index (χ2n) is 14.2. The van der Waals surface area contributed by atoms with Gasteiger partial charge in [-0.15, -0.1) is 0 Å². The molecule has 0 aromatic heterocycles. The van der Waals surface area contributed by atoms with Crippen molar-refractivity contribution in [3.8, 4) is 0 Å². The Balaban J connectivity index is 4.21. The lowest BCUT2D eigenvalue weighted by Crippen LogP contribution is -1.84. The maximum Gasteiger partial charge on any atom is 0.0614 e. The second-order valence-corrected chi connectivity index (χ2v) is 14.2. The first-order valence-electron chi connectivity index (χ1n) is 18.4. The lowest BCUT2D eigenvalue weighted by Gasteiger charge is -2.04. The van der Waals surface area contributed by atoms with E-state index in [-0.39, 0.29) is 6.61 Å². The Morgan fingerprint density at radius 1 is 0.283 bits per heavy atom. The minimum atomic E-state index is 0.150. The Hall–Kier alpha value is -2.38. The van der Waals surface area contributed by atoms with E-state index >= 15 is 0 Å². The molecule has 0 aliphatic heterocycles. The van der Waals surface area contributed by atoms with Crippen LogP contribution >= 0.6 is 0 Å². The van der Waals surface area contributed by atoms with Gasteiger partial charge in [0, 0.05) is 0 Å². The zero-order valence-corrected chi connectivity index (χ0v) is 32.2. The fourth-order valence-corrected chi connectivity index (χ4v) is 5.38. The minimum absolute atomic E-state index is 0.150. The lowest BCUT2D eigenvalue weighted by atomic mass is 10.0. The molecule has 0 spiro atoms. The van der Waals surface area contributed by atoms with Gasteiger partial charge < -0.3 is 5.11 Å². The zero-order chi connectivity index (χ0) is 34.6. The van der Waals surface area contributed by atoms with E-state index < -0.39 is 0 Å². The summed E-state index contributed by atoms with van der Waals surface area (Å²) in [6.07, 6.45) is 39.7. The van der Waals surface area contributed by atoms with E-state index in [0.717, 1.165) is 57.8 Å². The molecule has 0 rings (SSSR count). The third-order valence-electron chi connectivity index (χ3n) is 8.75. The van der Waals surface area contributed by atoms with Crippen LogP contribution in [0.3, 0.4) is 0 Å². The van der Waals surface area contributed by atoms with E-state index in [9.17, 15) is 0 Å². The molecular weight excluding hydrogens is 556 g/mol. The molecule has 0 radical (unpaired) electrons. The molecule has 0 fully saturated rings. The number of aliphatic hydroxyl groups is 1. The first kappa shape index (κ1) is 43.6. The van der Waals surface area contributed by atoms with Gasteiger partial charge in [-0.2, -0.15) is 0 Å². The number of hydrogen-bond donors (Lipinski definition) is 1.